The molecule has 2 N–H and O–H groups in total. The van der Waals surface area contributed by atoms with Gasteiger partial charge < -0.3 is 24.2 Å². The van der Waals surface area contributed by atoms with E-state index in [2.05, 4.69) is 91.4 Å². The van der Waals surface area contributed by atoms with E-state index in [9.17, 15) is 0 Å². The van der Waals surface area contributed by atoms with Crippen LogP contribution in [-0.4, -0.2) is 39.8 Å². The SMILES string of the molecule is CCCCCCCCCCOc1cc(-c2cc3cc4ccc(cc5nc(cc6nc(cc2[nH]3)C=C6)C=C5)[nH]4)cc(OCCCCCCCCCC)c1OCCCCCCCCCC. The molecule has 7 nitrogen and oxygen atoms in total. The quantitative estimate of drug-likeness (QED) is 0.0426. The Kier molecular flexibility index (Phi) is 20.8. The largest absolute Gasteiger partial charge is 0.490 e. The average molecular weight is 855 g/mol. The predicted molar refractivity (Wildman–Crippen MR) is 269 cm³/mol. The third kappa shape index (κ3) is 16.4. The molecule has 6 rings (SSSR count). The lowest BCUT2D eigenvalue weighted by molar-refractivity contribution is 0.234. The number of unbranched alkanes of at least 4 members (excludes halogenated alkanes) is 21. The van der Waals surface area contributed by atoms with Crippen molar-refractivity contribution in [1.82, 2.24) is 19.9 Å². The minimum Gasteiger partial charge on any atom is -0.490 e. The van der Waals surface area contributed by atoms with E-state index in [0.717, 1.165) is 92.5 Å². The summed E-state index contributed by atoms with van der Waals surface area (Å²) in [7, 11) is 0. The number of nitrogens with one attached hydrogen (secondary N) is 2. The van der Waals surface area contributed by atoms with Crippen molar-refractivity contribution in [1.29, 1.82) is 0 Å². The molecule has 5 heterocycles. The summed E-state index contributed by atoms with van der Waals surface area (Å²) in [5.41, 5.74) is 9.62. The highest BCUT2D eigenvalue weighted by Gasteiger charge is 2.19. The molecule has 2 aliphatic heterocycles. The van der Waals surface area contributed by atoms with Gasteiger partial charge in [-0.3, -0.25) is 0 Å². The minimum atomic E-state index is 0.650. The molecule has 0 amide bonds. The van der Waals surface area contributed by atoms with E-state index in [4.69, 9.17) is 24.2 Å². The van der Waals surface area contributed by atoms with E-state index in [1.54, 1.807) is 0 Å². The van der Waals surface area contributed by atoms with Crippen LogP contribution in [-0.2, 0) is 0 Å². The normalized spacial score (nSPS) is 12.0. The fraction of sp³-hybridized carbons (Fsp3) is 0.536. The number of ether oxygens (including phenoxy) is 3. The van der Waals surface area contributed by atoms with Crippen molar-refractivity contribution < 1.29 is 14.2 Å². The number of benzene rings is 1. The molecule has 8 bridgehead atoms. The molecule has 0 aliphatic carbocycles. The lowest BCUT2D eigenvalue weighted by atomic mass is 10.0. The number of hydrogen-bond donors (Lipinski definition) is 2. The van der Waals surface area contributed by atoms with E-state index in [1.165, 1.54) is 135 Å². The minimum absolute atomic E-state index is 0.650. The monoisotopic (exact) mass is 855 g/mol. The maximum atomic E-state index is 6.77. The maximum absolute atomic E-state index is 6.77. The van der Waals surface area contributed by atoms with Crippen LogP contribution in [0.4, 0.5) is 0 Å². The van der Waals surface area contributed by atoms with Gasteiger partial charge >= 0.3 is 0 Å². The smallest absolute Gasteiger partial charge is 0.203 e. The number of H-pyrrole nitrogens is 2. The van der Waals surface area contributed by atoms with Crippen LogP contribution in [0.25, 0.3) is 57.5 Å². The van der Waals surface area contributed by atoms with Gasteiger partial charge in [-0.05, 0) is 104 Å². The third-order valence-corrected chi connectivity index (χ3v) is 12.3. The van der Waals surface area contributed by atoms with Crippen molar-refractivity contribution in [3.63, 3.8) is 0 Å². The fourth-order valence-corrected chi connectivity index (χ4v) is 8.59. The van der Waals surface area contributed by atoms with Crippen molar-refractivity contribution >= 4 is 46.4 Å². The van der Waals surface area contributed by atoms with Gasteiger partial charge in [0.1, 0.15) is 0 Å². The van der Waals surface area contributed by atoms with Crippen LogP contribution in [0.1, 0.15) is 198 Å². The maximum Gasteiger partial charge on any atom is 0.203 e. The van der Waals surface area contributed by atoms with Crippen LogP contribution < -0.4 is 14.2 Å². The van der Waals surface area contributed by atoms with Crippen molar-refractivity contribution in [2.75, 3.05) is 19.8 Å². The standard InChI is InChI=1S/C56H78N4O3/c1-4-7-10-13-16-19-22-25-34-61-54-37-44(38-55(62-35-26-23-20-17-14-11-8-5-2)56(54)63-36-27-24-21-18-15-12-9-6-3)52-42-51-41-49-31-30-47(58-49)39-45-28-29-46(57-45)40-48-32-33-50(59-48)43-53(52)60-51/h28-33,37-43,58,60H,4-27,34-36H2,1-3H3. The first-order valence-corrected chi connectivity index (χ1v) is 25.3. The summed E-state index contributed by atoms with van der Waals surface area (Å²) in [4.78, 5) is 17.1. The Morgan fingerprint density at radius 1 is 0.381 bits per heavy atom. The summed E-state index contributed by atoms with van der Waals surface area (Å²) < 4.78 is 20.3. The Bertz CT molecular complexity index is 2140. The van der Waals surface area contributed by atoms with Gasteiger partial charge in [-0.1, -0.05) is 156 Å². The Morgan fingerprint density at radius 3 is 1.29 bits per heavy atom. The Labute approximate surface area is 379 Å². The molecule has 1 aromatic carbocycles. The summed E-state index contributed by atoms with van der Waals surface area (Å²) in [5.74, 6) is 2.29. The van der Waals surface area contributed by atoms with Gasteiger partial charge in [0.2, 0.25) is 5.75 Å². The van der Waals surface area contributed by atoms with Crippen molar-refractivity contribution in [2.24, 2.45) is 0 Å². The molecule has 0 saturated carbocycles. The molecule has 3 aromatic heterocycles. The number of rotatable bonds is 31. The topological polar surface area (TPSA) is 85.1 Å². The summed E-state index contributed by atoms with van der Waals surface area (Å²) in [6, 6.07) is 19.2. The number of hydrogen-bond acceptors (Lipinski definition) is 5. The van der Waals surface area contributed by atoms with Crippen LogP contribution in [0.5, 0.6) is 17.2 Å². The second-order valence-electron chi connectivity index (χ2n) is 17.9. The Morgan fingerprint density at radius 2 is 0.794 bits per heavy atom. The first-order chi connectivity index (χ1) is 31.1. The van der Waals surface area contributed by atoms with Crippen LogP contribution in [0.2, 0.25) is 0 Å². The van der Waals surface area contributed by atoms with E-state index >= 15 is 0 Å². The van der Waals surface area contributed by atoms with Gasteiger partial charge in [0.25, 0.3) is 0 Å². The van der Waals surface area contributed by atoms with Crippen molar-refractivity contribution in [2.45, 2.75) is 175 Å². The highest BCUT2D eigenvalue weighted by molar-refractivity contribution is 5.89. The summed E-state index contributed by atoms with van der Waals surface area (Å²) in [5, 5.41) is 0. The third-order valence-electron chi connectivity index (χ3n) is 12.3. The molecule has 2 aliphatic rings. The summed E-state index contributed by atoms with van der Waals surface area (Å²) >= 11 is 0. The van der Waals surface area contributed by atoms with Crippen LogP contribution in [0.3, 0.4) is 0 Å². The fourth-order valence-electron chi connectivity index (χ4n) is 8.59. The van der Waals surface area contributed by atoms with Crippen molar-refractivity contribution in [3.8, 4) is 28.4 Å². The molecular formula is C56H78N4O3. The lowest BCUT2D eigenvalue weighted by Crippen LogP contribution is -2.06. The van der Waals surface area contributed by atoms with Crippen LogP contribution >= 0.6 is 0 Å². The zero-order chi connectivity index (χ0) is 43.7. The molecule has 7 heteroatoms. The predicted octanol–water partition coefficient (Wildman–Crippen LogP) is 16.9. The van der Waals surface area contributed by atoms with Gasteiger partial charge in [0.05, 0.1) is 42.6 Å². The Hall–Kier alpha value is -4.78. The molecule has 0 fully saturated rings. The van der Waals surface area contributed by atoms with Gasteiger partial charge in [-0.2, -0.15) is 0 Å². The number of fused-ring (bicyclic) bond motifs is 8. The van der Waals surface area contributed by atoms with Gasteiger partial charge in [0, 0.05) is 27.6 Å². The average Bonchev–Trinajstić information content (AvgIpc) is 4.11. The van der Waals surface area contributed by atoms with Gasteiger partial charge in [-0.15, -0.1) is 0 Å². The molecule has 340 valence electrons. The number of aromatic amines is 2. The van der Waals surface area contributed by atoms with Gasteiger partial charge in [-0.25, -0.2) is 9.97 Å². The molecule has 0 saturated heterocycles. The Balaban J connectivity index is 1.31. The zero-order valence-corrected chi connectivity index (χ0v) is 39.2. The van der Waals surface area contributed by atoms with E-state index in [0.29, 0.717) is 19.8 Å². The molecule has 0 spiro atoms. The summed E-state index contributed by atoms with van der Waals surface area (Å²) in [6.07, 6.45) is 38.4. The van der Waals surface area contributed by atoms with Crippen LogP contribution in [0.15, 0.2) is 54.6 Å². The van der Waals surface area contributed by atoms with E-state index < -0.39 is 0 Å². The highest BCUT2D eigenvalue weighted by atomic mass is 16.5. The first-order valence-electron chi connectivity index (χ1n) is 25.3. The molecule has 0 atom stereocenters. The van der Waals surface area contributed by atoms with E-state index in [-0.39, 0.29) is 0 Å². The van der Waals surface area contributed by atoms with Gasteiger partial charge in [0.15, 0.2) is 11.5 Å². The number of nitrogens with zero attached hydrogens (tertiary/aromatic N) is 2. The molecular weight excluding hydrogens is 777 g/mol. The second-order valence-corrected chi connectivity index (χ2v) is 17.9. The second kappa shape index (κ2) is 27.4. The van der Waals surface area contributed by atoms with Crippen LogP contribution in [0, 0.1) is 0 Å². The number of aromatic nitrogens is 4. The highest BCUT2D eigenvalue weighted by Crippen LogP contribution is 2.43. The lowest BCUT2D eigenvalue weighted by Gasteiger charge is -2.19. The first kappa shape index (κ1) is 47.7. The van der Waals surface area contributed by atoms with E-state index in [1.807, 2.05) is 18.2 Å². The molecule has 0 radical (unpaired) electrons. The molecule has 4 aromatic rings. The van der Waals surface area contributed by atoms with Crippen molar-refractivity contribution in [3.05, 3.63) is 77.4 Å². The molecule has 0 unspecified atom stereocenters. The zero-order valence-electron chi connectivity index (χ0n) is 39.2. The molecule has 63 heavy (non-hydrogen) atoms. The summed E-state index contributed by atoms with van der Waals surface area (Å²) in [6.45, 7) is 8.80.